The quantitative estimate of drug-likeness (QED) is 0.867. The van der Waals surface area contributed by atoms with Crippen LogP contribution in [0, 0.1) is 3.57 Å². The summed E-state index contributed by atoms with van der Waals surface area (Å²) < 4.78 is 6.32. The van der Waals surface area contributed by atoms with Crippen LogP contribution in [0.15, 0.2) is 12.3 Å². The number of aromatic carboxylic acids is 1. The fourth-order valence-electron chi connectivity index (χ4n) is 0.987. The highest BCUT2D eigenvalue weighted by atomic mass is 127. The summed E-state index contributed by atoms with van der Waals surface area (Å²) >= 11 is 2.05. The molecule has 1 aromatic rings. The first-order chi connectivity index (χ1) is 6.66. The summed E-state index contributed by atoms with van der Waals surface area (Å²) in [6.07, 6.45) is 3.94. The summed E-state index contributed by atoms with van der Waals surface area (Å²) in [5.41, 5.74) is 0.0533. The van der Waals surface area contributed by atoms with Crippen molar-refractivity contribution < 1.29 is 14.6 Å². The minimum absolute atomic E-state index is 0.0533. The number of hydrogen-bond donors (Lipinski definition) is 1. The largest absolute Gasteiger partial charge is 0.488 e. The van der Waals surface area contributed by atoms with Crippen LogP contribution in [0.1, 0.15) is 23.3 Å². The van der Waals surface area contributed by atoms with Crippen LogP contribution in [0.25, 0.3) is 0 Å². The fraction of sp³-hybridized carbons (Fsp3) is 0.333. The molecule has 0 amide bonds. The lowest BCUT2D eigenvalue weighted by molar-refractivity contribution is 0.0690. The molecule has 5 heteroatoms. The van der Waals surface area contributed by atoms with Crippen molar-refractivity contribution in [2.45, 2.75) is 18.9 Å². The van der Waals surface area contributed by atoms with Gasteiger partial charge in [0.2, 0.25) is 0 Å². The molecule has 4 nitrogen and oxygen atoms in total. The topological polar surface area (TPSA) is 59.4 Å². The van der Waals surface area contributed by atoms with Gasteiger partial charge in [-0.2, -0.15) is 0 Å². The lowest BCUT2D eigenvalue weighted by Crippen LogP contribution is -2.03. The molecule has 0 unspecified atom stereocenters. The van der Waals surface area contributed by atoms with E-state index in [-0.39, 0.29) is 5.69 Å². The molecule has 0 radical (unpaired) electrons. The highest BCUT2D eigenvalue weighted by Gasteiger charge is 2.24. The van der Waals surface area contributed by atoms with Gasteiger partial charge in [0.1, 0.15) is 5.69 Å². The van der Waals surface area contributed by atoms with Crippen LogP contribution in [0.5, 0.6) is 5.75 Å². The Labute approximate surface area is 94.4 Å². The number of ether oxygens (including phenoxy) is 1. The Morgan fingerprint density at radius 3 is 2.86 bits per heavy atom. The minimum Gasteiger partial charge on any atom is -0.488 e. The smallest absolute Gasteiger partial charge is 0.354 e. The average molecular weight is 305 g/mol. The monoisotopic (exact) mass is 305 g/mol. The summed E-state index contributed by atoms with van der Waals surface area (Å²) in [7, 11) is 0. The van der Waals surface area contributed by atoms with Gasteiger partial charge in [0, 0.05) is 0 Å². The van der Waals surface area contributed by atoms with E-state index in [4.69, 9.17) is 9.84 Å². The number of hydrogen-bond acceptors (Lipinski definition) is 3. The van der Waals surface area contributed by atoms with Gasteiger partial charge in [0.15, 0.2) is 5.75 Å². The zero-order valence-corrected chi connectivity index (χ0v) is 9.39. The SMILES string of the molecule is O=C(O)c1cc(I)c(OC2CC2)cn1. The van der Waals surface area contributed by atoms with Gasteiger partial charge in [0.05, 0.1) is 15.9 Å². The number of halogens is 1. The third-order valence-corrected chi connectivity index (χ3v) is 2.70. The number of carboxylic acids is 1. The normalized spacial score (nSPS) is 15.2. The van der Waals surface area contributed by atoms with E-state index in [1.54, 1.807) is 0 Å². The summed E-state index contributed by atoms with van der Waals surface area (Å²) in [4.78, 5) is 14.4. The number of nitrogens with zero attached hydrogens (tertiary/aromatic N) is 1. The molecular formula is C9H8INO3. The van der Waals surface area contributed by atoms with Crippen LogP contribution in [0.3, 0.4) is 0 Å². The Bertz CT molecular complexity index is 376. The Kier molecular flexibility index (Phi) is 2.58. The lowest BCUT2D eigenvalue weighted by Gasteiger charge is -2.06. The van der Waals surface area contributed by atoms with Crippen molar-refractivity contribution in [2.75, 3.05) is 0 Å². The zero-order chi connectivity index (χ0) is 10.1. The Morgan fingerprint density at radius 1 is 1.64 bits per heavy atom. The van der Waals surface area contributed by atoms with E-state index in [1.165, 1.54) is 12.3 Å². The minimum atomic E-state index is -1.01. The van der Waals surface area contributed by atoms with Crippen molar-refractivity contribution in [3.8, 4) is 5.75 Å². The molecule has 1 fully saturated rings. The van der Waals surface area contributed by atoms with Crippen LogP contribution in [0.2, 0.25) is 0 Å². The molecule has 0 spiro atoms. The van der Waals surface area contributed by atoms with Gasteiger partial charge in [-0.05, 0) is 41.5 Å². The molecule has 74 valence electrons. The molecular weight excluding hydrogens is 297 g/mol. The van der Waals surface area contributed by atoms with Crippen LogP contribution in [-0.4, -0.2) is 22.2 Å². The van der Waals surface area contributed by atoms with Crippen molar-refractivity contribution >= 4 is 28.6 Å². The molecule has 14 heavy (non-hydrogen) atoms. The molecule has 1 aliphatic carbocycles. The van der Waals surface area contributed by atoms with Crippen molar-refractivity contribution in [2.24, 2.45) is 0 Å². The maximum atomic E-state index is 10.6. The summed E-state index contributed by atoms with van der Waals surface area (Å²) in [5.74, 6) is -0.334. The molecule has 0 bridgehead atoms. The highest BCUT2D eigenvalue weighted by Crippen LogP contribution is 2.29. The number of carbonyl (C=O) groups is 1. The average Bonchev–Trinajstić information content (AvgIpc) is 2.92. The second kappa shape index (κ2) is 3.72. The lowest BCUT2D eigenvalue weighted by atomic mass is 10.3. The predicted molar refractivity (Wildman–Crippen MR) is 57.6 cm³/mol. The molecule has 0 atom stereocenters. The number of carboxylic acid groups (broad SMARTS) is 1. The first-order valence-corrected chi connectivity index (χ1v) is 5.30. The van der Waals surface area contributed by atoms with Crippen molar-refractivity contribution in [3.05, 3.63) is 21.5 Å². The molecule has 2 rings (SSSR count). The van der Waals surface area contributed by atoms with Gasteiger partial charge < -0.3 is 9.84 Å². The van der Waals surface area contributed by atoms with Crippen molar-refractivity contribution in [1.82, 2.24) is 4.98 Å². The molecule has 0 aromatic carbocycles. The van der Waals surface area contributed by atoms with Gasteiger partial charge in [-0.3, -0.25) is 0 Å². The van der Waals surface area contributed by atoms with Gasteiger partial charge in [-0.25, -0.2) is 9.78 Å². The first kappa shape index (κ1) is 9.70. The molecule has 1 heterocycles. The maximum Gasteiger partial charge on any atom is 0.354 e. The second-order valence-electron chi connectivity index (χ2n) is 3.12. The van der Waals surface area contributed by atoms with Gasteiger partial charge in [-0.15, -0.1) is 0 Å². The fourth-order valence-corrected chi connectivity index (χ4v) is 1.55. The third-order valence-electron chi connectivity index (χ3n) is 1.86. The molecule has 1 N–H and O–H groups in total. The van der Waals surface area contributed by atoms with E-state index in [9.17, 15) is 4.79 Å². The van der Waals surface area contributed by atoms with E-state index in [1.807, 2.05) is 0 Å². The number of rotatable bonds is 3. The van der Waals surface area contributed by atoms with Crippen LogP contribution in [-0.2, 0) is 0 Å². The van der Waals surface area contributed by atoms with Crippen LogP contribution in [0.4, 0.5) is 0 Å². The Balaban J connectivity index is 2.21. The third kappa shape index (κ3) is 2.14. The van der Waals surface area contributed by atoms with E-state index in [0.29, 0.717) is 11.9 Å². The molecule has 1 saturated carbocycles. The van der Waals surface area contributed by atoms with Crippen molar-refractivity contribution in [1.29, 1.82) is 0 Å². The maximum absolute atomic E-state index is 10.6. The van der Waals surface area contributed by atoms with Gasteiger partial charge in [0.25, 0.3) is 0 Å². The van der Waals surface area contributed by atoms with E-state index in [0.717, 1.165) is 16.4 Å². The highest BCUT2D eigenvalue weighted by molar-refractivity contribution is 14.1. The number of aromatic nitrogens is 1. The zero-order valence-electron chi connectivity index (χ0n) is 7.24. The van der Waals surface area contributed by atoms with Gasteiger partial charge in [-0.1, -0.05) is 0 Å². The molecule has 0 saturated heterocycles. The van der Waals surface area contributed by atoms with Crippen LogP contribution >= 0.6 is 22.6 Å². The van der Waals surface area contributed by atoms with E-state index < -0.39 is 5.97 Å². The predicted octanol–water partition coefficient (Wildman–Crippen LogP) is 1.93. The summed E-state index contributed by atoms with van der Waals surface area (Å²) in [6.45, 7) is 0. The number of pyridine rings is 1. The van der Waals surface area contributed by atoms with Crippen molar-refractivity contribution in [3.63, 3.8) is 0 Å². The molecule has 0 aliphatic heterocycles. The summed E-state index contributed by atoms with van der Waals surface area (Å²) in [5, 5.41) is 8.69. The molecule has 1 aromatic heterocycles. The van der Waals surface area contributed by atoms with E-state index >= 15 is 0 Å². The Morgan fingerprint density at radius 2 is 2.36 bits per heavy atom. The van der Waals surface area contributed by atoms with Gasteiger partial charge >= 0.3 is 5.97 Å². The standard InChI is InChI=1S/C9H8INO3/c10-6-3-7(9(12)13)11-4-8(6)14-5-1-2-5/h3-5H,1-2H2,(H,12,13). The first-order valence-electron chi connectivity index (χ1n) is 4.22. The molecule has 1 aliphatic rings. The Hall–Kier alpha value is -0.850. The van der Waals surface area contributed by atoms with Crippen LogP contribution < -0.4 is 4.74 Å². The van der Waals surface area contributed by atoms with E-state index in [2.05, 4.69) is 27.6 Å². The summed E-state index contributed by atoms with van der Waals surface area (Å²) in [6, 6.07) is 1.51. The second-order valence-corrected chi connectivity index (χ2v) is 4.28.